The summed E-state index contributed by atoms with van der Waals surface area (Å²) in [5, 5.41) is 8.47. The van der Waals surface area contributed by atoms with Crippen molar-refractivity contribution in [2.75, 3.05) is 4.72 Å². The number of hydrogen-bond donors (Lipinski definition) is 1. The smallest absolute Gasteiger partial charge is 0.239 e. The molecule has 0 atom stereocenters. The minimum Gasteiger partial charge on any atom is -0.257 e. The Morgan fingerprint density at radius 1 is 1.19 bits per heavy atom. The van der Waals surface area contributed by atoms with Gasteiger partial charge in [-0.05, 0) is 27.7 Å². The van der Waals surface area contributed by atoms with Crippen molar-refractivity contribution in [1.82, 2.24) is 10.2 Å². The highest BCUT2D eigenvalue weighted by Crippen LogP contribution is 2.21. The molecule has 0 fully saturated rings. The monoisotopic (exact) mass is 267 g/mol. The van der Waals surface area contributed by atoms with E-state index in [1.807, 2.05) is 0 Å². The average Bonchev–Trinajstić information content (AvgIpc) is 2.31. The fourth-order valence-corrected chi connectivity index (χ4v) is 2.12. The van der Waals surface area contributed by atoms with Gasteiger partial charge in [0.1, 0.15) is 5.01 Å². The zero-order valence-corrected chi connectivity index (χ0v) is 10.2. The second kappa shape index (κ2) is 5.58. The highest BCUT2D eigenvalue weighted by Gasteiger charge is 2.29. The van der Waals surface area contributed by atoms with Crippen LogP contribution >= 0.6 is 11.3 Å². The van der Waals surface area contributed by atoms with Crippen molar-refractivity contribution in [2.45, 2.75) is 47.3 Å². The van der Waals surface area contributed by atoms with Gasteiger partial charge in [-0.3, -0.25) is 4.72 Å². The van der Waals surface area contributed by atoms with Crippen LogP contribution in [-0.4, -0.2) is 23.4 Å². The third kappa shape index (κ3) is 4.05. The SMILES string of the molecule is C.C.Cc1nnc(NS(=O)(=O)C(C)(C)C)s1. The summed E-state index contributed by atoms with van der Waals surface area (Å²) in [7, 11) is -3.38. The summed E-state index contributed by atoms with van der Waals surface area (Å²) >= 11 is 1.22. The quantitative estimate of drug-likeness (QED) is 0.894. The Hall–Kier alpha value is -0.690. The van der Waals surface area contributed by atoms with E-state index in [1.165, 1.54) is 11.3 Å². The lowest BCUT2D eigenvalue weighted by Gasteiger charge is -2.18. The molecular formula is C9H21N3O2S2. The van der Waals surface area contributed by atoms with Gasteiger partial charge in [0.2, 0.25) is 15.2 Å². The lowest BCUT2D eigenvalue weighted by atomic mass is 10.3. The summed E-state index contributed by atoms with van der Waals surface area (Å²) in [5.74, 6) is 0. The first-order valence-electron chi connectivity index (χ1n) is 4.05. The Morgan fingerprint density at radius 3 is 2.00 bits per heavy atom. The van der Waals surface area contributed by atoms with Crippen LogP contribution in [0.4, 0.5) is 5.13 Å². The molecule has 1 heterocycles. The summed E-state index contributed by atoms with van der Waals surface area (Å²) in [4.78, 5) is 0. The lowest BCUT2D eigenvalue weighted by Crippen LogP contribution is -2.33. The van der Waals surface area contributed by atoms with Crippen molar-refractivity contribution in [2.24, 2.45) is 0 Å². The maximum Gasteiger partial charge on any atom is 0.239 e. The molecule has 0 aliphatic rings. The van der Waals surface area contributed by atoms with Gasteiger partial charge in [0, 0.05) is 0 Å². The van der Waals surface area contributed by atoms with Crippen LogP contribution in [0.15, 0.2) is 0 Å². The van der Waals surface area contributed by atoms with Gasteiger partial charge in [-0.25, -0.2) is 8.42 Å². The highest BCUT2D eigenvalue weighted by molar-refractivity contribution is 7.94. The van der Waals surface area contributed by atoms with Crippen LogP contribution in [0.2, 0.25) is 0 Å². The van der Waals surface area contributed by atoms with Crippen LogP contribution in [0.5, 0.6) is 0 Å². The molecule has 7 heteroatoms. The van der Waals surface area contributed by atoms with E-state index in [0.717, 1.165) is 5.01 Å². The van der Waals surface area contributed by atoms with Crippen molar-refractivity contribution in [3.8, 4) is 0 Å². The Bertz CT molecular complexity index is 418. The number of anilines is 1. The molecule has 1 aromatic rings. The van der Waals surface area contributed by atoms with E-state index in [9.17, 15) is 8.42 Å². The van der Waals surface area contributed by atoms with E-state index < -0.39 is 14.8 Å². The normalized spacial score (nSPS) is 11.2. The highest BCUT2D eigenvalue weighted by atomic mass is 32.2. The van der Waals surface area contributed by atoms with Crippen LogP contribution < -0.4 is 4.72 Å². The summed E-state index contributed by atoms with van der Waals surface area (Å²) < 4.78 is 24.9. The minimum atomic E-state index is -3.38. The standard InChI is InChI=1S/C7H13N3O2S2.2CH4/c1-5-8-9-6(13-5)10-14(11,12)7(2,3)4;;/h1-4H3,(H,9,10);2*1H4. The van der Waals surface area contributed by atoms with E-state index in [4.69, 9.17) is 0 Å². The molecule has 0 spiro atoms. The first-order valence-corrected chi connectivity index (χ1v) is 6.35. The number of aromatic nitrogens is 2. The third-order valence-electron chi connectivity index (χ3n) is 1.55. The number of aryl methyl sites for hydroxylation is 1. The van der Waals surface area contributed by atoms with E-state index >= 15 is 0 Å². The Morgan fingerprint density at radius 2 is 1.69 bits per heavy atom. The maximum absolute atomic E-state index is 11.7. The topological polar surface area (TPSA) is 72.0 Å². The minimum absolute atomic E-state index is 0. The molecule has 0 aliphatic heterocycles. The predicted molar refractivity (Wildman–Crippen MR) is 70.4 cm³/mol. The predicted octanol–water partition coefficient (Wildman–Crippen LogP) is 2.66. The van der Waals surface area contributed by atoms with E-state index in [-0.39, 0.29) is 14.9 Å². The van der Waals surface area contributed by atoms with E-state index in [1.54, 1.807) is 27.7 Å². The van der Waals surface area contributed by atoms with Gasteiger partial charge in [0.05, 0.1) is 4.75 Å². The average molecular weight is 267 g/mol. The summed E-state index contributed by atoms with van der Waals surface area (Å²) in [6.07, 6.45) is 0. The molecule has 96 valence electrons. The molecular weight excluding hydrogens is 246 g/mol. The molecule has 0 aromatic carbocycles. The lowest BCUT2D eigenvalue weighted by molar-refractivity contribution is 0.566. The summed E-state index contributed by atoms with van der Waals surface area (Å²) in [6.45, 7) is 6.65. The van der Waals surface area contributed by atoms with Crippen molar-refractivity contribution in [3.63, 3.8) is 0 Å². The Kier molecular flexibility index (Phi) is 6.17. The summed E-state index contributed by atoms with van der Waals surface area (Å²) in [5.41, 5.74) is 0. The van der Waals surface area contributed by atoms with Gasteiger partial charge in [-0.1, -0.05) is 26.2 Å². The number of hydrogen-bond acceptors (Lipinski definition) is 5. The van der Waals surface area contributed by atoms with Crippen LogP contribution in [0.25, 0.3) is 0 Å². The van der Waals surface area contributed by atoms with Crippen LogP contribution in [0.3, 0.4) is 0 Å². The zero-order valence-electron chi connectivity index (χ0n) is 8.53. The first kappa shape index (κ1) is 17.7. The van der Waals surface area contributed by atoms with Gasteiger partial charge in [0.15, 0.2) is 0 Å². The van der Waals surface area contributed by atoms with Crippen molar-refractivity contribution >= 4 is 26.5 Å². The largest absolute Gasteiger partial charge is 0.257 e. The van der Waals surface area contributed by atoms with Gasteiger partial charge in [-0.2, -0.15) is 0 Å². The van der Waals surface area contributed by atoms with E-state index in [2.05, 4.69) is 14.9 Å². The van der Waals surface area contributed by atoms with Crippen LogP contribution in [0.1, 0.15) is 40.6 Å². The molecule has 1 aromatic heterocycles. The molecule has 0 aliphatic carbocycles. The van der Waals surface area contributed by atoms with Crippen molar-refractivity contribution in [1.29, 1.82) is 0 Å². The van der Waals surface area contributed by atoms with Gasteiger partial charge in [0.25, 0.3) is 0 Å². The molecule has 1 N–H and O–H groups in total. The van der Waals surface area contributed by atoms with Gasteiger partial charge >= 0.3 is 0 Å². The number of sulfonamides is 1. The number of nitrogens with one attached hydrogen (secondary N) is 1. The maximum atomic E-state index is 11.7. The van der Waals surface area contributed by atoms with Crippen molar-refractivity contribution in [3.05, 3.63) is 5.01 Å². The van der Waals surface area contributed by atoms with E-state index in [0.29, 0.717) is 5.13 Å². The molecule has 0 saturated carbocycles. The molecule has 0 bridgehead atoms. The Balaban J connectivity index is 0. The van der Waals surface area contributed by atoms with Gasteiger partial charge < -0.3 is 0 Å². The zero-order chi connectivity index (χ0) is 11.0. The third-order valence-corrected chi connectivity index (χ3v) is 4.51. The number of rotatable bonds is 2. The molecule has 0 amide bonds. The molecule has 0 unspecified atom stereocenters. The molecule has 16 heavy (non-hydrogen) atoms. The van der Waals surface area contributed by atoms with Gasteiger partial charge in [-0.15, -0.1) is 10.2 Å². The Labute approximate surface area is 102 Å². The first-order chi connectivity index (χ1) is 6.22. The second-order valence-electron chi connectivity index (χ2n) is 3.84. The fourth-order valence-electron chi connectivity index (χ4n) is 0.606. The van der Waals surface area contributed by atoms with Crippen LogP contribution in [0, 0.1) is 6.92 Å². The second-order valence-corrected chi connectivity index (χ2v) is 7.46. The molecule has 0 radical (unpaired) electrons. The molecule has 5 nitrogen and oxygen atoms in total. The summed E-state index contributed by atoms with van der Waals surface area (Å²) in [6, 6.07) is 0. The molecule has 1 rings (SSSR count). The fraction of sp³-hybridized carbons (Fsp3) is 0.778. The molecule has 0 saturated heterocycles. The van der Waals surface area contributed by atoms with Crippen molar-refractivity contribution < 1.29 is 8.42 Å². The number of nitrogens with zero attached hydrogens (tertiary/aromatic N) is 2. The van der Waals surface area contributed by atoms with Crippen LogP contribution in [-0.2, 0) is 10.0 Å².